The van der Waals surface area contributed by atoms with Crippen LogP contribution in [0, 0.1) is 6.92 Å². The van der Waals surface area contributed by atoms with Crippen molar-refractivity contribution in [1.82, 2.24) is 5.32 Å². The lowest BCUT2D eigenvalue weighted by atomic mass is 9.93. The molecule has 2 N–H and O–H groups in total. The number of aliphatic hydroxyl groups is 1. The maximum Gasteiger partial charge on any atom is 0.287 e. The van der Waals surface area contributed by atoms with Crippen LogP contribution in [-0.2, 0) is 0 Å². The molecule has 0 atom stereocenters. The van der Waals surface area contributed by atoms with Crippen LogP contribution in [0.5, 0.6) is 0 Å². The van der Waals surface area contributed by atoms with Crippen molar-refractivity contribution >= 4 is 5.91 Å². The predicted molar refractivity (Wildman–Crippen MR) is 59.2 cm³/mol. The van der Waals surface area contributed by atoms with Crippen molar-refractivity contribution < 1.29 is 14.3 Å². The van der Waals surface area contributed by atoms with E-state index in [1.807, 2.05) is 6.92 Å². The lowest BCUT2D eigenvalue weighted by Gasteiger charge is -2.25. The molecule has 1 aromatic rings. The van der Waals surface area contributed by atoms with E-state index < -0.39 is 0 Å². The lowest BCUT2D eigenvalue weighted by Crippen LogP contribution is -2.38. The van der Waals surface area contributed by atoms with Crippen LogP contribution in [0.1, 0.15) is 41.8 Å². The summed E-state index contributed by atoms with van der Waals surface area (Å²) >= 11 is 0. The van der Waals surface area contributed by atoms with Crippen molar-refractivity contribution in [2.45, 2.75) is 44.8 Å². The molecule has 1 heterocycles. The average molecular weight is 223 g/mol. The predicted octanol–water partition coefficient (Wildman–Crippen LogP) is 1.62. The van der Waals surface area contributed by atoms with Crippen molar-refractivity contribution in [1.29, 1.82) is 0 Å². The average Bonchev–Trinajstić information content (AvgIpc) is 2.68. The van der Waals surface area contributed by atoms with Gasteiger partial charge < -0.3 is 14.8 Å². The van der Waals surface area contributed by atoms with Gasteiger partial charge in [0.25, 0.3) is 5.91 Å². The molecule has 1 aromatic heterocycles. The minimum absolute atomic E-state index is 0.149. The van der Waals surface area contributed by atoms with Crippen LogP contribution in [0.3, 0.4) is 0 Å². The molecule has 1 fully saturated rings. The van der Waals surface area contributed by atoms with Crippen molar-refractivity contribution in [3.63, 3.8) is 0 Å². The Morgan fingerprint density at radius 3 is 2.69 bits per heavy atom. The van der Waals surface area contributed by atoms with Gasteiger partial charge in [0.05, 0.1) is 12.4 Å². The molecule has 88 valence electrons. The molecule has 0 saturated heterocycles. The zero-order valence-corrected chi connectivity index (χ0v) is 9.40. The van der Waals surface area contributed by atoms with E-state index in [9.17, 15) is 9.90 Å². The highest BCUT2D eigenvalue weighted by molar-refractivity contribution is 5.92. The Kier molecular flexibility index (Phi) is 3.29. The number of nitrogens with one attached hydrogen (secondary N) is 1. The topological polar surface area (TPSA) is 62.5 Å². The quantitative estimate of drug-likeness (QED) is 0.800. The van der Waals surface area contributed by atoms with Gasteiger partial charge in [0.15, 0.2) is 5.76 Å². The molecule has 0 unspecified atom stereocenters. The number of amides is 1. The van der Waals surface area contributed by atoms with Gasteiger partial charge >= 0.3 is 0 Å². The molecule has 4 heteroatoms. The Labute approximate surface area is 94.6 Å². The Morgan fingerprint density at radius 2 is 2.12 bits per heavy atom. The third kappa shape index (κ3) is 2.44. The molecule has 0 spiro atoms. The second-order valence-electron chi connectivity index (χ2n) is 4.41. The summed E-state index contributed by atoms with van der Waals surface area (Å²) in [7, 11) is 0. The molecule has 0 radical (unpaired) electrons. The molecular weight excluding hydrogens is 206 g/mol. The number of carbonyl (C=O) groups is 1. The van der Waals surface area contributed by atoms with E-state index >= 15 is 0 Å². The minimum Gasteiger partial charge on any atom is -0.459 e. The second kappa shape index (κ2) is 4.70. The SMILES string of the molecule is Cc1ccoc1C(=O)NC1CCC(O)CC1. The molecule has 0 bridgehead atoms. The zero-order chi connectivity index (χ0) is 11.5. The molecule has 0 aromatic carbocycles. The molecule has 16 heavy (non-hydrogen) atoms. The first-order valence-electron chi connectivity index (χ1n) is 5.70. The van der Waals surface area contributed by atoms with Crippen molar-refractivity contribution in [3.8, 4) is 0 Å². The van der Waals surface area contributed by atoms with E-state index in [4.69, 9.17) is 4.42 Å². The van der Waals surface area contributed by atoms with Crippen LogP contribution in [0.15, 0.2) is 16.7 Å². The Balaban J connectivity index is 1.91. The third-order valence-electron chi connectivity index (χ3n) is 3.10. The summed E-state index contributed by atoms with van der Waals surface area (Å²) in [6.45, 7) is 1.85. The number of hydrogen-bond acceptors (Lipinski definition) is 3. The molecule has 0 aliphatic heterocycles. The van der Waals surface area contributed by atoms with Gasteiger partial charge in [-0.1, -0.05) is 0 Å². The fourth-order valence-corrected chi connectivity index (χ4v) is 2.08. The molecule has 2 rings (SSSR count). The molecular formula is C12H17NO3. The van der Waals surface area contributed by atoms with Gasteiger partial charge in [0.1, 0.15) is 0 Å². The van der Waals surface area contributed by atoms with Gasteiger partial charge in [-0.05, 0) is 38.7 Å². The van der Waals surface area contributed by atoms with E-state index in [0.717, 1.165) is 31.2 Å². The van der Waals surface area contributed by atoms with Gasteiger partial charge in [0.2, 0.25) is 0 Å². The summed E-state index contributed by atoms with van der Waals surface area (Å²) in [4.78, 5) is 11.8. The third-order valence-corrected chi connectivity index (χ3v) is 3.10. The largest absolute Gasteiger partial charge is 0.459 e. The van der Waals surface area contributed by atoms with Crippen LogP contribution < -0.4 is 5.32 Å². The number of aryl methyl sites for hydroxylation is 1. The number of rotatable bonds is 2. The number of aliphatic hydroxyl groups excluding tert-OH is 1. The van der Waals surface area contributed by atoms with E-state index in [-0.39, 0.29) is 18.1 Å². The van der Waals surface area contributed by atoms with Crippen LogP contribution >= 0.6 is 0 Å². The first-order valence-corrected chi connectivity index (χ1v) is 5.70. The fourth-order valence-electron chi connectivity index (χ4n) is 2.08. The molecule has 4 nitrogen and oxygen atoms in total. The summed E-state index contributed by atoms with van der Waals surface area (Å²) in [5, 5.41) is 12.3. The zero-order valence-electron chi connectivity index (χ0n) is 9.40. The number of furan rings is 1. The van der Waals surface area contributed by atoms with Crippen LogP contribution in [0.25, 0.3) is 0 Å². The Bertz CT molecular complexity index is 364. The van der Waals surface area contributed by atoms with E-state index in [1.165, 1.54) is 6.26 Å². The van der Waals surface area contributed by atoms with Crippen LogP contribution in [0.2, 0.25) is 0 Å². The van der Waals surface area contributed by atoms with Gasteiger partial charge in [0, 0.05) is 11.6 Å². The highest BCUT2D eigenvalue weighted by Gasteiger charge is 2.22. The standard InChI is InChI=1S/C12H17NO3/c1-8-6-7-16-11(8)12(15)13-9-2-4-10(14)5-3-9/h6-7,9-10,14H,2-5H2,1H3,(H,13,15). The number of carbonyl (C=O) groups excluding carboxylic acids is 1. The fraction of sp³-hybridized carbons (Fsp3) is 0.583. The maximum atomic E-state index is 11.8. The smallest absolute Gasteiger partial charge is 0.287 e. The highest BCUT2D eigenvalue weighted by Crippen LogP contribution is 2.19. The minimum atomic E-state index is -0.196. The van der Waals surface area contributed by atoms with Gasteiger partial charge in [-0.25, -0.2) is 0 Å². The summed E-state index contributed by atoms with van der Waals surface area (Å²) in [6, 6.07) is 1.94. The van der Waals surface area contributed by atoms with Crippen LogP contribution in [-0.4, -0.2) is 23.2 Å². The normalized spacial score (nSPS) is 25.4. The second-order valence-corrected chi connectivity index (χ2v) is 4.41. The van der Waals surface area contributed by atoms with Gasteiger partial charge in [-0.15, -0.1) is 0 Å². The summed E-state index contributed by atoms with van der Waals surface area (Å²) in [5.41, 5.74) is 0.855. The van der Waals surface area contributed by atoms with Gasteiger partial charge in [-0.3, -0.25) is 4.79 Å². The maximum absolute atomic E-state index is 11.8. The van der Waals surface area contributed by atoms with E-state index in [0.29, 0.717) is 5.76 Å². The molecule has 1 aliphatic rings. The molecule has 1 amide bonds. The summed E-state index contributed by atoms with van der Waals surface area (Å²) < 4.78 is 5.13. The monoisotopic (exact) mass is 223 g/mol. The van der Waals surface area contributed by atoms with E-state index in [1.54, 1.807) is 6.07 Å². The van der Waals surface area contributed by atoms with Crippen molar-refractivity contribution in [3.05, 3.63) is 23.7 Å². The summed E-state index contributed by atoms with van der Waals surface area (Å²) in [5.74, 6) is 0.245. The Morgan fingerprint density at radius 1 is 1.44 bits per heavy atom. The van der Waals surface area contributed by atoms with Crippen molar-refractivity contribution in [2.24, 2.45) is 0 Å². The van der Waals surface area contributed by atoms with Crippen molar-refractivity contribution in [2.75, 3.05) is 0 Å². The van der Waals surface area contributed by atoms with Crippen LogP contribution in [0.4, 0.5) is 0 Å². The molecule has 1 saturated carbocycles. The molecule has 1 aliphatic carbocycles. The first kappa shape index (κ1) is 11.2. The lowest BCUT2D eigenvalue weighted by molar-refractivity contribution is 0.0842. The van der Waals surface area contributed by atoms with E-state index in [2.05, 4.69) is 5.32 Å². The number of hydrogen-bond donors (Lipinski definition) is 2. The summed E-state index contributed by atoms with van der Waals surface area (Å²) in [6.07, 6.45) is 4.54. The Hall–Kier alpha value is -1.29. The highest BCUT2D eigenvalue weighted by atomic mass is 16.3. The van der Waals surface area contributed by atoms with Gasteiger partial charge in [-0.2, -0.15) is 0 Å². The first-order chi connectivity index (χ1) is 7.66.